The minimum absolute atomic E-state index is 0.150. The van der Waals surface area contributed by atoms with Gasteiger partial charge in [-0.3, -0.25) is 0 Å². The molecule has 0 aliphatic heterocycles. The van der Waals surface area contributed by atoms with Gasteiger partial charge in [-0.05, 0) is 37.1 Å². The number of anilines is 1. The van der Waals surface area contributed by atoms with Crippen LogP contribution in [-0.4, -0.2) is 39.6 Å². The highest BCUT2D eigenvalue weighted by molar-refractivity contribution is 5.28. The van der Waals surface area contributed by atoms with Gasteiger partial charge in [-0.15, -0.1) is 0 Å². The zero-order valence-corrected chi connectivity index (χ0v) is 20.8. The Bertz CT molecular complexity index is 750. The predicted octanol–water partition coefficient (Wildman–Crippen LogP) is 5.20. The van der Waals surface area contributed by atoms with E-state index in [-0.39, 0.29) is 6.61 Å². The highest BCUT2D eigenvalue weighted by Gasteiger charge is 2.05. The predicted molar refractivity (Wildman–Crippen MR) is 136 cm³/mol. The Morgan fingerprint density at radius 3 is 2.36 bits per heavy atom. The second-order valence-corrected chi connectivity index (χ2v) is 8.77. The molecule has 0 fully saturated rings. The number of nitrogens with zero attached hydrogens (tertiary/aromatic N) is 3. The van der Waals surface area contributed by atoms with E-state index in [4.69, 9.17) is 9.84 Å². The number of aliphatic hydroxyl groups excluding tert-OH is 1. The number of hydrogen-bond donors (Lipinski definition) is 3. The molecule has 7 nitrogen and oxygen atoms in total. The molecule has 0 atom stereocenters. The fourth-order valence-corrected chi connectivity index (χ4v) is 3.84. The van der Waals surface area contributed by atoms with E-state index in [0.29, 0.717) is 18.4 Å². The number of aliphatic hydroxyl groups is 1. The first kappa shape index (κ1) is 27.1. The molecule has 0 aliphatic carbocycles. The van der Waals surface area contributed by atoms with E-state index >= 15 is 0 Å². The highest BCUT2D eigenvalue weighted by atomic mass is 16.5. The molecule has 0 radical (unpaired) electrons. The van der Waals surface area contributed by atoms with Gasteiger partial charge in [0, 0.05) is 20.1 Å². The molecule has 1 aromatic heterocycles. The Balaban J connectivity index is 1.48. The van der Waals surface area contributed by atoms with Crippen LogP contribution in [0.2, 0.25) is 0 Å². The summed E-state index contributed by atoms with van der Waals surface area (Å²) in [6.07, 6.45) is 14.6. The molecule has 0 bridgehead atoms. The molecule has 186 valence electrons. The van der Waals surface area contributed by atoms with Gasteiger partial charge >= 0.3 is 0 Å². The molecular formula is C26H45N5O2. The van der Waals surface area contributed by atoms with Crippen LogP contribution in [0.5, 0.6) is 5.75 Å². The van der Waals surface area contributed by atoms with Gasteiger partial charge in [0.15, 0.2) is 5.82 Å². The van der Waals surface area contributed by atoms with E-state index in [0.717, 1.165) is 31.8 Å². The van der Waals surface area contributed by atoms with E-state index in [1.165, 1.54) is 69.8 Å². The third kappa shape index (κ3) is 12.1. The van der Waals surface area contributed by atoms with Gasteiger partial charge in [0.25, 0.3) is 0 Å². The molecule has 1 heterocycles. The van der Waals surface area contributed by atoms with Gasteiger partial charge in [-0.2, -0.15) is 10.1 Å². The molecule has 0 spiro atoms. The quantitative estimate of drug-likeness (QED) is 0.236. The Kier molecular flexibility index (Phi) is 14.3. The highest BCUT2D eigenvalue weighted by Crippen LogP contribution is 2.14. The van der Waals surface area contributed by atoms with Gasteiger partial charge in [0.1, 0.15) is 12.4 Å². The first-order chi connectivity index (χ1) is 16.2. The van der Waals surface area contributed by atoms with Crippen molar-refractivity contribution in [1.82, 2.24) is 20.1 Å². The summed E-state index contributed by atoms with van der Waals surface area (Å²) in [4.78, 5) is 4.21. The van der Waals surface area contributed by atoms with Crippen molar-refractivity contribution in [1.29, 1.82) is 0 Å². The normalized spacial score (nSPS) is 11.1. The number of ether oxygens (including phenoxy) is 1. The molecule has 2 aromatic rings. The zero-order valence-electron chi connectivity index (χ0n) is 20.8. The molecule has 33 heavy (non-hydrogen) atoms. The zero-order chi connectivity index (χ0) is 23.6. The maximum atomic E-state index is 9.09. The molecule has 0 saturated heterocycles. The van der Waals surface area contributed by atoms with Crippen LogP contribution in [0.25, 0.3) is 0 Å². The van der Waals surface area contributed by atoms with E-state index in [9.17, 15) is 0 Å². The van der Waals surface area contributed by atoms with Crippen LogP contribution < -0.4 is 15.4 Å². The Labute approximate surface area is 200 Å². The average molecular weight is 460 g/mol. The number of aromatic nitrogens is 3. The van der Waals surface area contributed by atoms with Crippen molar-refractivity contribution in [3.05, 3.63) is 35.7 Å². The second kappa shape index (κ2) is 17.4. The minimum Gasteiger partial charge on any atom is -0.494 e. The Morgan fingerprint density at radius 2 is 1.67 bits per heavy atom. The lowest BCUT2D eigenvalue weighted by molar-refractivity contribution is 0.271. The number of hydrogen-bond acceptors (Lipinski definition) is 6. The maximum Gasteiger partial charge on any atom is 0.221 e. The number of nitrogens with one attached hydrogen (secondary N) is 2. The summed E-state index contributed by atoms with van der Waals surface area (Å²) in [6.45, 7) is 5.45. The Hall–Kier alpha value is -2.12. The summed E-state index contributed by atoms with van der Waals surface area (Å²) >= 11 is 0. The van der Waals surface area contributed by atoms with Crippen LogP contribution >= 0.6 is 0 Å². The van der Waals surface area contributed by atoms with Gasteiger partial charge in [0.05, 0.1) is 6.61 Å². The lowest BCUT2D eigenvalue weighted by Crippen LogP contribution is -2.14. The van der Waals surface area contributed by atoms with Crippen molar-refractivity contribution in [2.24, 2.45) is 7.05 Å². The van der Waals surface area contributed by atoms with Crippen LogP contribution in [0.3, 0.4) is 0 Å². The molecule has 7 heteroatoms. The first-order valence-electron chi connectivity index (χ1n) is 12.9. The van der Waals surface area contributed by atoms with Crippen LogP contribution in [0.4, 0.5) is 5.95 Å². The number of benzene rings is 1. The molecular weight excluding hydrogens is 414 g/mol. The molecule has 0 saturated carbocycles. The monoisotopic (exact) mass is 459 g/mol. The van der Waals surface area contributed by atoms with Gasteiger partial charge < -0.3 is 20.5 Å². The lowest BCUT2D eigenvalue weighted by Gasteiger charge is -2.10. The Morgan fingerprint density at radius 1 is 0.939 bits per heavy atom. The van der Waals surface area contributed by atoms with Crippen molar-refractivity contribution in [3.8, 4) is 5.75 Å². The maximum absolute atomic E-state index is 9.09. The number of aryl methyl sites for hydroxylation is 1. The summed E-state index contributed by atoms with van der Waals surface area (Å²) in [5, 5.41) is 20.0. The fourth-order valence-electron chi connectivity index (χ4n) is 3.84. The van der Waals surface area contributed by atoms with E-state index in [2.05, 4.69) is 45.8 Å². The molecule has 0 unspecified atom stereocenters. The van der Waals surface area contributed by atoms with Gasteiger partial charge in [-0.1, -0.05) is 76.8 Å². The smallest absolute Gasteiger partial charge is 0.221 e. The van der Waals surface area contributed by atoms with Crippen molar-refractivity contribution in [2.75, 3.05) is 25.0 Å². The second-order valence-electron chi connectivity index (χ2n) is 8.77. The average Bonchev–Trinajstić information content (AvgIpc) is 3.19. The number of rotatable bonds is 20. The van der Waals surface area contributed by atoms with Crippen molar-refractivity contribution < 1.29 is 9.84 Å². The summed E-state index contributed by atoms with van der Waals surface area (Å²) in [6, 6.07) is 8.33. The third-order valence-electron chi connectivity index (χ3n) is 5.76. The molecule has 0 amide bonds. The van der Waals surface area contributed by atoms with Crippen molar-refractivity contribution >= 4 is 5.95 Å². The van der Waals surface area contributed by atoms with E-state index in [1.54, 1.807) is 11.7 Å². The van der Waals surface area contributed by atoms with Crippen LogP contribution in [0.15, 0.2) is 24.3 Å². The lowest BCUT2D eigenvalue weighted by atomic mass is 10.1. The van der Waals surface area contributed by atoms with Crippen molar-refractivity contribution in [3.63, 3.8) is 0 Å². The van der Waals surface area contributed by atoms with E-state index in [1.807, 2.05) is 6.07 Å². The van der Waals surface area contributed by atoms with Crippen molar-refractivity contribution in [2.45, 2.75) is 90.7 Å². The SMILES string of the molecule is CCCCCCCCCCCCNCc1cccc(OCCCNc2nc(CO)nn2C)c1. The standard InChI is InChI=1S/C26H45N5O2/c1-3-4-5-6-7-8-9-10-11-12-17-27-21-23-15-13-16-24(20-23)33-19-14-18-28-26-29-25(22-32)30-31(26)2/h13,15-16,20,27,32H,3-12,14,17-19,21-22H2,1-2H3,(H,28,29,30). The van der Waals surface area contributed by atoms with Gasteiger partial charge in [0.2, 0.25) is 5.95 Å². The van der Waals surface area contributed by atoms with Crippen LogP contribution in [-0.2, 0) is 20.2 Å². The van der Waals surface area contributed by atoms with Gasteiger partial charge in [-0.25, -0.2) is 4.68 Å². The number of unbranched alkanes of at least 4 members (excludes halogenated alkanes) is 9. The molecule has 0 aliphatic rings. The summed E-state index contributed by atoms with van der Waals surface area (Å²) in [7, 11) is 1.81. The topological polar surface area (TPSA) is 84.2 Å². The van der Waals surface area contributed by atoms with Crippen LogP contribution in [0, 0.1) is 0 Å². The van der Waals surface area contributed by atoms with Crippen LogP contribution in [0.1, 0.15) is 88.9 Å². The summed E-state index contributed by atoms with van der Waals surface area (Å²) in [5.41, 5.74) is 1.26. The molecule has 2 rings (SSSR count). The summed E-state index contributed by atoms with van der Waals surface area (Å²) in [5.74, 6) is 2.00. The summed E-state index contributed by atoms with van der Waals surface area (Å²) < 4.78 is 7.54. The fraction of sp³-hybridized carbons (Fsp3) is 0.692. The molecule has 3 N–H and O–H groups in total. The first-order valence-corrected chi connectivity index (χ1v) is 12.9. The largest absolute Gasteiger partial charge is 0.494 e. The minimum atomic E-state index is -0.150. The van der Waals surface area contributed by atoms with E-state index < -0.39 is 0 Å². The third-order valence-corrected chi connectivity index (χ3v) is 5.76. The molecule has 1 aromatic carbocycles.